The highest BCUT2D eigenvalue weighted by atomic mass is 31.2. The summed E-state index contributed by atoms with van der Waals surface area (Å²) in [6.07, 6.45) is 31.6. The maximum Gasteiger partial charge on any atom is 0.472 e. The molecule has 10 heteroatoms. The molecule has 0 bridgehead atoms. The third kappa shape index (κ3) is 30.0. The van der Waals surface area contributed by atoms with E-state index < -0.39 is 32.5 Å². The summed E-state index contributed by atoms with van der Waals surface area (Å²) in [5, 5.41) is 0. The number of hydrogen-bond acceptors (Lipinski definition) is 8. The fraction of sp³-hybridized carbons (Fsp3) is 0.706. The smallest absolute Gasteiger partial charge is 0.462 e. The molecule has 254 valence electrons. The standard InChI is InChI=1S/C34H60NO8P/c1-3-5-7-9-11-13-14-15-16-17-18-19-21-23-25-27-34(37)43-32(31-42-44(38,39)41-29-28-35)30-40-33(36)26-24-22-20-12-10-8-6-4-2/h5,7,11,13,15-16,18-19,32H,3-4,6,8-10,12,14,17,20-31,35H2,1-2H3,(H,38,39)/b7-5-,13-11-,16-15-,19-18-. The molecule has 0 saturated carbocycles. The fourth-order valence-electron chi connectivity index (χ4n) is 4.03. The second-order valence-corrected chi connectivity index (χ2v) is 12.1. The maximum absolute atomic E-state index is 12.4. The molecule has 0 heterocycles. The molecule has 44 heavy (non-hydrogen) atoms. The molecule has 9 nitrogen and oxygen atoms in total. The number of phosphoric ester groups is 1. The van der Waals surface area contributed by atoms with Gasteiger partial charge in [-0.2, -0.15) is 0 Å². The molecule has 3 N–H and O–H groups in total. The van der Waals surface area contributed by atoms with Crippen molar-refractivity contribution in [1.82, 2.24) is 0 Å². The summed E-state index contributed by atoms with van der Waals surface area (Å²) < 4.78 is 32.4. The van der Waals surface area contributed by atoms with E-state index in [4.69, 9.17) is 24.3 Å². The monoisotopic (exact) mass is 641 g/mol. The third-order valence-corrected chi connectivity index (χ3v) is 7.46. The van der Waals surface area contributed by atoms with Crippen molar-refractivity contribution in [2.45, 2.75) is 129 Å². The summed E-state index contributed by atoms with van der Waals surface area (Å²) in [7, 11) is -4.37. The highest BCUT2D eigenvalue weighted by molar-refractivity contribution is 7.47. The SMILES string of the molecule is CC/C=C\C/C=C\C/C=C\C/C=C\CCCCC(=O)OC(COC(=O)CCCCCCCCCC)COP(=O)(O)OCCN. The predicted molar refractivity (Wildman–Crippen MR) is 178 cm³/mol. The number of hydrogen-bond donors (Lipinski definition) is 2. The van der Waals surface area contributed by atoms with Crippen LogP contribution in [0.4, 0.5) is 0 Å². The van der Waals surface area contributed by atoms with Crippen molar-refractivity contribution in [3.05, 3.63) is 48.6 Å². The van der Waals surface area contributed by atoms with Gasteiger partial charge in [-0.25, -0.2) is 4.57 Å². The van der Waals surface area contributed by atoms with Gasteiger partial charge in [0, 0.05) is 19.4 Å². The number of carbonyl (C=O) groups is 2. The Labute approximate surface area is 266 Å². The molecule has 0 fully saturated rings. The average Bonchev–Trinajstić information content (AvgIpc) is 3.00. The lowest BCUT2D eigenvalue weighted by atomic mass is 10.1. The maximum atomic E-state index is 12.4. The van der Waals surface area contributed by atoms with Crippen LogP contribution >= 0.6 is 7.82 Å². The van der Waals surface area contributed by atoms with E-state index in [-0.39, 0.29) is 32.6 Å². The number of nitrogens with two attached hydrogens (primary N) is 1. The van der Waals surface area contributed by atoms with Gasteiger partial charge in [0.2, 0.25) is 0 Å². The highest BCUT2D eigenvalue weighted by Gasteiger charge is 2.25. The number of unbranched alkanes of at least 4 members (excludes halogenated alkanes) is 9. The van der Waals surface area contributed by atoms with E-state index in [1.165, 1.54) is 32.1 Å². The van der Waals surface area contributed by atoms with Crippen molar-refractivity contribution in [3.63, 3.8) is 0 Å². The van der Waals surface area contributed by atoms with Gasteiger partial charge >= 0.3 is 19.8 Å². The Hall–Kier alpha value is -2.03. The predicted octanol–water partition coefficient (Wildman–Crippen LogP) is 8.43. The Kier molecular flexibility index (Phi) is 29.5. The zero-order valence-electron chi connectivity index (χ0n) is 27.4. The van der Waals surface area contributed by atoms with E-state index in [0.29, 0.717) is 6.42 Å². The van der Waals surface area contributed by atoms with Crippen LogP contribution in [0.25, 0.3) is 0 Å². The topological polar surface area (TPSA) is 134 Å². The molecule has 0 aliphatic carbocycles. The van der Waals surface area contributed by atoms with Gasteiger partial charge in [0.1, 0.15) is 6.61 Å². The second kappa shape index (κ2) is 31.0. The second-order valence-electron chi connectivity index (χ2n) is 10.7. The van der Waals surface area contributed by atoms with Gasteiger partial charge in [-0.1, -0.05) is 107 Å². The van der Waals surface area contributed by atoms with Crippen molar-refractivity contribution in [2.24, 2.45) is 5.73 Å². The lowest BCUT2D eigenvalue weighted by molar-refractivity contribution is -0.161. The minimum atomic E-state index is -4.37. The quantitative estimate of drug-likeness (QED) is 0.0343. The molecule has 0 aromatic rings. The molecule has 0 saturated heterocycles. The van der Waals surface area contributed by atoms with Crippen LogP contribution in [0.15, 0.2) is 48.6 Å². The molecule has 0 amide bonds. The number of esters is 2. The first-order chi connectivity index (χ1) is 21.3. The van der Waals surface area contributed by atoms with Gasteiger partial charge in [0.05, 0.1) is 13.2 Å². The molecule has 0 radical (unpaired) electrons. The first kappa shape index (κ1) is 42.0. The minimum Gasteiger partial charge on any atom is -0.462 e. The first-order valence-electron chi connectivity index (χ1n) is 16.6. The fourth-order valence-corrected chi connectivity index (χ4v) is 4.80. The lowest BCUT2D eigenvalue weighted by Crippen LogP contribution is -2.29. The highest BCUT2D eigenvalue weighted by Crippen LogP contribution is 2.43. The van der Waals surface area contributed by atoms with Gasteiger partial charge in [-0.15, -0.1) is 0 Å². The molecule has 0 aliphatic rings. The van der Waals surface area contributed by atoms with Crippen LogP contribution in [0.3, 0.4) is 0 Å². The van der Waals surface area contributed by atoms with E-state index in [1.807, 2.05) is 0 Å². The van der Waals surface area contributed by atoms with Crippen molar-refractivity contribution < 1.29 is 37.6 Å². The summed E-state index contributed by atoms with van der Waals surface area (Å²) in [6.45, 7) is 3.49. The van der Waals surface area contributed by atoms with E-state index in [9.17, 15) is 19.0 Å². The van der Waals surface area contributed by atoms with Crippen LogP contribution < -0.4 is 5.73 Å². The van der Waals surface area contributed by atoms with Crippen molar-refractivity contribution in [1.29, 1.82) is 0 Å². The van der Waals surface area contributed by atoms with E-state index >= 15 is 0 Å². The van der Waals surface area contributed by atoms with Crippen LogP contribution in [-0.4, -0.2) is 49.3 Å². The number of rotatable bonds is 30. The number of phosphoric acid groups is 1. The van der Waals surface area contributed by atoms with E-state index in [2.05, 4.69) is 62.5 Å². The molecular formula is C34H60NO8P. The molecule has 0 aromatic carbocycles. The van der Waals surface area contributed by atoms with Crippen LogP contribution in [0.2, 0.25) is 0 Å². The molecule has 0 spiro atoms. The van der Waals surface area contributed by atoms with Crippen molar-refractivity contribution >= 4 is 19.8 Å². The normalized spacial score (nSPS) is 14.2. The van der Waals surface area contributed by atoms with Crippen molar-refractivity contribution in [2.75, 3.05) is 26.4 Å². The summed E-state index contributed by atoms with van der Waals surface area (Å²) in [6, 6.07) is 0. The zero-order chi connectivity index (χ0) is 32.6. The van der Waals surface area contributed by atoms with Gasteiger partial charge in [-0.3, -0.25) is 18.6 Å². The van der Waals surface area contributed by atoms with Crippen LogP contribution in [0.1, 0.15) is 123 Å². The summed E-state index contributed by atoms with van der Waals surface area (Å²) >= 11 is 0. The minimum absolute atomic E-state index is 0.0452. The van der Waals surface area contributed by atoms with Gasteiger partial charge in [-0.05, 0) is 51.4 Å². The zero-order valence-corrected chi connectivity index (χ0v) is 28.3. The Morgan fingerprint density at radius 1 is 0.705 bits per heavy atom. The molecule has 2 atom stereocenters. The molecule has 2 unspecified atom stereocenters. The average molecular weight is 642 g/mol. The summed E-state index contributed by atoms with van der Waals surface area (Å²) in [5.74, 6) is -0.889. The Bertz CT molecular complexity index is 871. The summed E-state index contributed by atoms with van der Waals surface area (Å²) in [5.41, 5.74) is 5.30. The number of allylic oxidation sites excluding steroid dienone is 8. The van der Waals surface area contributed by atoms with E-state index in [1.54, 1.807) is 0 Å². The Balaban J connectivity index is 4.38. The van der Waals surface area contributed by atoms with Gasteiger partial charge in [0.25, 0.3) is 0 Å². The first-order valence-corrected chi connectivity index (χ1v) is 18.1. The molecule has 0 aromatic heterocycles. The third-order valence-electron chi connectivity index (χ3n) is 6.48. The van der Waals surface area contributed by atoms with Crippen LogP contribution in [-0.2, 0) is 32.7 Å². The van der Waals surface area contributed by atoms with Crippen molar-refractivity contribution in [3.8, 4) is 0 Å². The molecule has 0 rings (SSSR count). The van der Waals surface area contributed by atoms with Crippen LogP contribution in [0.5, 0.6) is 0 Å². The summed E-state index contributed by atoms with van der Waals surface area (Å²) in [4.78, 5) is 34.4. The molecular weight excluding hydrogens is 581 g/mol. The Morgan fingerprint density at radius 2 is 1.25 bits per heavy atom. The molecule has 0 aliphatic heterocycles. The Morgan fingerprint density at radius 3 is 1.86 bits per heavy atom. The van der Waals surface area contributed by atoms with Crippen LogP contribution in [0, 0.1) is 0 Å². The van der Waals surface area contributed by atoms with Gasteiger partial charge < -0.3 is 20.1 Å². The lowest BCUT2D eigenvalue weighted by Gasteiger charge is -2.19. The van der Waals surface area contributed by atoms with E-state index in [0.717, 1.165) is 57.8 Å². The number of ether oxygens (including phenoxy) is 2. The largest absolute Gasteiger partial charge is 0.472 e. The van der Waals surface area contributed by atoms with Gasteiger partial charge in [0.15, 0.2) is 6.10 Å². The number of carbonyl (C=O) groups excluding carboxylic acids is 2.